The maximum atomic E-state index is 5.57. The largest absolute Gasteiger partial charge is 0.345 e. The van der Waals surface area contributed by atoms with Gasteiger partial charge >= 0.3 is 0 Å². The zero-order valence-electron chi connectivity index (χ0n) is 15.6. The minimum Gasteiger partial charge on any atom is -0.345 e. The van der Waals surface area contributed by atoms with Gasteiger partial charge in [-0.1, -0.05) is 17.3 Å². The first-order valence-corrected chi connectivity index (χ1v) is 9.46. The Hall–Kier alpha value is -2.92. The van der Waals surface area contributed by atoms with Gasteiger partial charge in [0.15, 0.2) is 0 Å². The highest BCUT2D eigenvalue weighted by Gasteiger charge is 2.15. The van der Waals surface area contributed by atoms with Crippen molar-refractivity contribution in [2.75, 3.05) is 6.54 Å². The van der Waals surface area contributed by atoms with Crippen LogP contribution in [0.1, 0.15) is 31.0 Å². The summed E-state index contributed by atoms with van der Waals surface area (Å²) in [6, 6.07) is 15.3. The second-order valence-electron chi connectivity index (χ2n) is 7.42. The lowest BCUT2D eigenvalue weighted by atomic mass is 9.98. The molecular weight excluding hydrogens is 336 g/mol. The van der Waals surface area contributed by atoms with Crippen LogP contribution >= 0.6 is 0 Å². The highest BCUT2D eigenvalue weighted by molar-refractivity contribution is 5.84. The second kappa shape index (κ2) is 6.35. The van der Waals surface area contributed by atoms with Crippen molar-refractivity contribution >= 4 is 10.9 Å². The van der Waals surface area contributed by atoms with Crippen molar-refractivity contribution in [3.8, 4) is 22.8 Å². The maximum Gasteiger partial charge on any atom is 0.258 e. The summed E-state index contributed by atoms with van der Waals surface area (Å²) in [6.07, 6.45) is 3.20. The van der Waals surface area contributed by atoms with E-state index in [0.29, 0.717) is 17.8 Å². The molecule has 0 fully saturated rings. The molecule has 0 bridgehead atoms. The number of aromatic nitrogens is 3. The third-order valence-corrected chi connectivity index (χ3v) is 5.30. The summed E-state index contributed by atoms with van der Waals surface area (Å²) in [5.41, 5.74) is 5.89. The van der Waals surface area contributed by atoms with Crippen LogP contribution in [0.15, 0.2) is 53.2 Å². The lowest BCUT2D eigenvalue weighted by Crippen LogP contribution is -2.23. The fraction of sp³-hybridized carbons (Fsp3) is 0.273. The molecule has 4 aromatic rings. The summed E-state index contributed by atoms with van der Waals surface area (Å²) in [5, 5.41) is 8.81. The second-order valence-corrected chi connectivity index (χ2v) is 7.42. The third-order valence-electron chi connectivity index (χ3n) is 5.30. The number of hydrogen-bond acceptors (Lipinski definition) is 4. The van der Waals surface area contributed by atoms with Crippen LogP contribution in [0.3, 0.4) is 0 Å². The van der Waals surface area contributed by atoms with E-state index in [2.05, 4.69) is 82.5 Å². The quantitative estimate of drug-likeness (QED) is 0.582. The van der Waals surface area contributed by atoms with Gasteiger partial charge in [-0.3, -0.25) is 0 Å². The fourth-order valence-corrected chi connectivity index (χ4v) is 3.82. The number of fused-ring (bicyclic) bond motifs is 2. The van der Waals surface area contributed by atoms with Crippen LogP contribution in [0.25, 0.3) is 33.7 Å². The van der Waals surface area contributed by atoms with Crippen molar-refractivity contribution in [3.63, 3.8) is 0 Å². The van der Waals surface area contributed by atoms with Crippen LogP contribution in [0.4, 0.5) is 0 Å². The van der Waals surface area contributed by atoms with Crippen molar-refractivity contribution in [2.24, 2.45) is 0 Å². The van der Waals surface area contributed by atoms with Crippen molar-refractivity contribution in [1.29, 1.82) is 0 Å². The van der Waals surface area contributed by atoms with E-state index in [4.69, 9.17) is 4.52 Å². The Bertz CT molecular complexity index is 1120. The van der Waals surface area contributed by atoms with Crippen LogP contribution in [0.5, 0.6) is 0 Å². The molecule has 0 unspecified atom stereocenters. The molecular formula is C22H22N4O. The fourth-order valence-electron chi connectivity index (χ4n) is 3.82. The molecule has 5 rings (SSSR count). The first kappa shape index (κ1) is 16.3. The zero-order chi connectivity index (χ0) is 18.4. The van der Waals surface area contributed by atoms with Gasteiger partial charge in [0.2, 0.25) is 5.82 Å². The number of nitrogens with zero attached hydrogens (tertiary/aromatic N) is 3. The molecule has 0 radical (unpaired) electrons. The van der Waals surface area contributed by atoms with Gasteiger partial charge in [-0.15, -0.1) is 0 Å². The standard InChI is InChI=1S/C22H22N4O/c1-14(2)26-10-8-16-11-18(5-6-20(16)26)22-24-21(25-27-22)17-4-3-15-7-9-23-13-19(15)12-17/h3-6,8,10-12,14,23H,7,9,13H2,1-2H3. The van der Waals surface area contributed by atoms with E-state index in [9.17, 15) is 0 Å². The monoisotopic (exact) mass is 358 g/mol. The van der Waals surface area contributed by atoms with E-state index >= 15 is 0 Å². The summed E-state index contributed by atoms with van der Waals surface area (Å²) < 4.78 is 7.83. The van der Waals surface area contributed by atoms with Crippen LogP contribution in [0, 0.1) is 0 Å². The van der Waals surface area contributed by atoms with Gasteiger partial charge in [0.05, 0.1) is 0 Å². The molecule has 2 aromatic heterocycles. The summed E-state index contributed by atoms with van der Waals surface area (Å²) in [6.45, 7) is 6.31. The molecule has 0 spiro atoms. The number of benzene rings is 2. The summed E-state index contributed by atoms with van der Waals surface area (Å²) in [7, 11) is 0. The molecule has 2 aromatic carbocycles. The number of rotatable bonds is 3. The van der Waals surface area contributed by atoms with Crippen molar-refractivity contribution in [1.82, 2.24) is 20.0 Å². The van der Waals surface area contributed by atoms with Gasteiger partial charge in [-0.05, 0) is 68.3 Å². The van der Waals surface area contributed by atoms with Crippen LogP contribution in [-0.2, 0) is 13.0 Å². The Morgan fingerprint density at radius 1 is 1.04 bits per heavy atom. The molecule has 1 N–H and O–H groups in total. The molecule has 1 aliphatic heterocycles. The molecule has 0 aliphatic carbocycles. The average molecular weight is 358 g/mol. The van der Waals surface area contributed by atoms with E-state index in [-0.39, 0.29) is 0 Å². The molecule has 27 heavy (non-hydrogen) atoms. The molecule has 0 saturated heterocycles. The van der Waals surface area contributed by atoms with Crippen molar-refractivity contribution < 1.29 is 4.52 Å². The summed E-state index contributed by atoms with van der Waals surface area (Å²) in [5.74, 6) is 1.19. The minimum absolute atomic E-state index is 0.432. The summed E-state index contributed by atoms with van der Waals surface area (Å²) >= 11 is 0. The Kier molecular flexibility index (Phi) is 3.83. The number of hydrogen-bond donors (Lipinski definition) is 1. The predicted octanol–water partition coefficient (Wildman–Crippen LogP) is 4.58. The first-order valence-electron chi connectivity index (χ1n) is 9.46. The molecule has 5 heteroatoms. The van der Waals surface area contributed by atoms with E-state index in [0.717, 1.165) is 30.6 Å². The lowest BCUT2D eigenvalue weighted by molar-refractivity contribution is 0.432. The van der Waals surface area contributed by atoms with E-state index in [1.165, 1.54) is 22.0 Å². The molecule has 0 saturated carbocycles. The molecule has 5 nitrogen and oxygen atoms in total. The van der Waals surface area contributed by atoms with Crippen molar-refractivity contribution in [2.45, 2.75) is 32.9 Å². The van der Waals surface area contributed by atoms with Gasteiger partial charge in [-0.2, -0.15) is 4.98 Å². The molecule has 3 heterocycles. The smallest absolute Gasteiger partial charge is 0.258 e. The Balaban J connectivity index is 1.49. The van der Waals surface area contributed by atoms with Crippen LogP contribution < -0.4 is 5.32 Å². The zero-order valence-corrected chi connectivity index (χ0v) is 15.6. The van der Waals surface area contributed by atoms with Gasteiger partial charge < -0.3 is 14.4 Å². The van der Waals surface area contributed by atoms with E-state index in [1.54, 1.807) is 0 Å². The Morgan fingerprint density at radius 2 is 1.93 bits per heavy atom. The first-order chi connectivity index (χ1) is 13.2. The SMILES string of the molecule is CC(C)n1ccc2cc(-c3nc(-c4ccc5c(c4)CNCC5)no3)ccc21. The third kappa shape index (κ3) is 2.84. The predicted molar refractivity (Wildman–Crippen MR) is 106 cm³/mol. The van der Waals surface area contributed by atoms with Crippen molar-refractivity contribution in [3.05, 3.63) is 59.8 Å². The van der Waals surface area contributed by atoms with E-state index < -0.39 is 0 Å². The molecule has 0 atom stereocenters. The van der Waals surface area contributed by atoms with Crippen LogP contribution in [-0.4, -0.2) is 21.3 Å². The lowest BCUT2D eigenvalue weighted by Gasteiger charge is -2.17. The minimum atomic E-state index is 0.432. The van der Waals surface area contributed by atoms with E-state index in [1.807, 2.05) is 0 Å². The van der Waals surface area contributed by atoms with Crippen LogP contribution in [0.2, 0.25) is 0 Å². The van der Waals surface area contributed by atoms with Gasteiger partial charge in [-0.25, -0.2) is 0 Å². The van der Waals surface area contributed by atoms with Gasteiger partial charge in [0.25, 0.3) is 5.89 Å². The Morgan fingerprint density at radius 3 is 2.81 bits per heavy atom. The number of nitrogens with one attached hydrogen (secondary N) is 1. The molecule has 0 amide bonds. The van der Waals surface area contributed by atoms with Gasteiger partial charge in [0, 0.05) is 40.8 Å². The Labute approximate surface area is 158 Å². The highest BCUT2D eigenvalue weighted by atomic mass is 16.5. The summed E-state index contributed by atoms with van der Waals surface area (Å²) in [4.78, 5) is 4.64. The topological polar surface area (TPSA) is 55.9 Å². The normalized spacial score (nSPS) is 14.0. The average Bonchev–Trinajstić information content (AvgIpc) is 3.34. The highest BCUT2D eigenvalue weighted by Crippen LogP contribution is 2.28. The van der Waals surface area contributed by atoms with Gasteiger partial charge in [0.1, 0.15) is 0 Å². The molecule has 136 valence electrons. The maximum absolute atomic E-state index is 5.57. The molecule has 1 aliphatic rings.